The van der Waals surface area contributed by atoms with Gasteiger partial charge in [0.2, 0.25) is 5.91 Å². The van der Waals surface area contributed by atoms with Gasteiger partial charge in [0.05, 0.1) is 17.8 Å². The zero-order valence-corrected chi connectivity index (χ0v) is 18.5. The van der Waals surface area contributed by atoms with Crippen molar-refractivity contribution in [3.63, 3.8) is 0 Å². The number of fused-ring (bicyclic) bond motifs is 1. The highest BCUT2D eigenvalue weighted by Crippen LogP contribution is 2.25. The van der Waals surface area contributed by atoms with Crippen LogP contribution in [0.1, 0.15) is 37.7 Å². The van der Waals surface area contributed by atoms with Crippen LogP contribution in [0.3, 0.4) is 0 Å². The number of nitrogens with zero attached hydrogens (tertiary/aromatic N) is 3. The Morgan fingerprint density at radius 2 is 1.97 bits per heavy atom. The lowest BCUT2D eigenvalue weighted by atomic mass is 9.94. The molecule has 4 rings (SSSR count). The van der Waals surface area contributed by atoms with Crippen molar-refractivity contribution in [2.24, 2.45) is 0 Å². The zero-order chi connectivity index (χ0) is 21.1. The van der Waals surface area contributed by atoms with Crippen molar-refractivity contribution in [1.29, 1.82) is 0 Å². The van der Waals surface area contributed by atoms with Gasteiger partial charge in [-0.3, -0.25) is 14.2 Å². The molecule has 1 saturated carbocycles. The van der Waals surface area contributed by atoms with Crippen molar-refractivity contribution in [2.75, 3.05) is 12.8 Å². The molecule has 5 nitrogen and oxygen atoms in total. The van der Waals surface area contributed by atoms with Crippen LogP contribution < -0.4 is 5.56 Å². The van der Waals surface area contributed by atoms with Gasteiger partial charge in [-0.15, -0.1) is 11.3 Å². The highest BCUT2D eigenvalue weighted by atomic mass is 32.2. The molecule has 0 radical (unpaired) electrons. The second-order valence-corrected chi connectivity index (χ2v) is 9.49. The predicted molar refractivity (Wildman–Crippen MR) is 120 cm³/mol. The first-order chi connectivity index (χ1) is 14.5. The molecule has 0 unspecified atom stereocenters. The summed E-state index contributed by atoms with van der Waals surface area (Å²) < 4.78 is 15.4. The lowest BCUT2D eigenvalue weighted by molar-refractivity contribution is -0.129. The molecule has 1 fully saturated rings. The minimum absolute atomic E-state index is 0.0555. The normalized spacial score (nSPS) is 14.9. The molecule has 2 aromatic heterocycles. The van der Waals surface area contributed by atoms with Gasteiger partial charge in [-0.1, -0.05) is 43.2 Å². The Bertz CT molecular complexity index is 1090. The highest BCUT2D eigenvalue weighted by Gasteiger charge is 2.23. The van der Waals surface area contributed by atoms with E-state index in [9.17, 15) is 14.0 Å². The molecule has 1 aliphatic rings. The minimum Gasteiger partial charge on any atom is -0.342 e. The van der Waals surface area contributed by atoms with E-state index in [0.29, 0.717) is 21.4 Å². The second kappa shape index (κ2) is 9.31. The molecule has 1 amide bonds. The maximum atomic E-state index is 13.3. The molecular formula is C22H24FN3O2S2. The van der Waals surface area contributed by atoms with E-state index in [1.807, 2.05) is 23.4 Å². The second-order valence-electron chi connectivity index (χ2n) is 7.63. The molecule has 0 bridgehead atoms. The molecule has 1 aliphatic carbocycles. The van der Waals surface area contributed by atoms with Crippen LogP contribution in [0.5, 0.6) is 0 Å². The minimum atomic E-state index is -0.316. The number of hydrogen-bond acceptors (Lipinski definition) is 5. The van der Waals surface area contributed by atoms with E-state index in [4.69, 9.17) is 0 Å². The molecule has 8 heteroatoms. The Morgan fingerprint density at radius 3 is 2.70 bits per heavy atom. The van der Waals surface area contributed by atoms with Gasteiger partial charge in [-0.05, 0) is 42.0 Å². The fraction of sp³-hybridized carbons (Fsp3) is 0.409. The number of thiophene rings is 1. The van der Waals surface area contributed by atoms with Crippen molar-refractivity contribution in [2.45, 2.75) is 49.8 Å². The number of hydrogen-bond donors (Lipinski definition) is 0. The molecule has 2 heterocycles. The third kappa shape index (κ3) is 4.59. The van der Waals surface area contributed by atoms with Crippen LogP contribution in [0.15, 0.2) is 45.7 Å². The first-order valence-corrected chi connectivity index (χ1v) is 12.0. The van der Waals surface area contributed by atoms with Gasteiger partial charge in [0, 0.05) is 13.1 Å². The van der Waals surface area contributed by atoms with Gasteiger partial charge in [-0.2, -0.15) is 0 Å². The lowest BCUT2D eigenvalue weighted by Crippen LogP contribution is -2.39. The Kier molecular flexibility index (Phi) is 6.53. The molecule has 1 aromatic carbocycles. The number of amides is 1. The maximum Gasteiger partial charge on any atom is 0.272 e. The van der Waals surface area contributed by atoms with Crippen LogP contribution >= 0.6 is 23.1 Å². The number of rotatable bonds is 6. The van der Waals surface area contributed by atoms with E-state index in [2.05, 4.69) is 4.98 Å². The van der Waals surface area contributed by atoms with Crippen LogP contribution in [0, 0.1) is 5.82 Å². The van der Waals surface area contributed by atoms with Crippen molar-refractivity contribution in [3.8, 4) is 0 Å². The van der Waals surface area contributed by atoms with Crippen LogP contribution in [0.4, 0.5) is 4.39 Å². The smallest absolute Gasteiger partial charge is 0.272 e. The van der Waals surface area contributed by atoms with Gasteiger partial charge < -0.3 is 4.90 Å². The third-order valence-corrected chi connectivity index (χ3v) is 7.48. The molecule has 30 heavy (non-hydrogen) atoms. The monoisotopic (exact) mass is 445 g/mol. The van der Waals surface area contributed by atoms with Gasteiger partial charge in [-0.25, -0.2) is 9.37 Å². The summed E-state index contributed by atoms with van der Waals surface area (Å²) in [5, 5.41) is 2.36. The Morgan fingerprint density at radius 1 is 1.23 bits per heavy atom. The molecule has 0 spiro atoms. The van der Waals surface area contributed by atoms with Crippen molar-refractivity contribution in [3.05, 3.63) is 57.4 Å². The summed E-state index contributed by atoms with van der Waals surface area (Å²) >= 11 is 2.65. The number of benzene rings is 1. The maximum absolute atomic E-state index is 13.3. The Hall–Kier alpha value is -2.19. The molecule has 158 valence electrons. The summed E-state index contributed by atoms with van der Waals surface area (Å²) in [6, 6.07) is 8.22. The van der Waals surface area contributed by atoms with Crippen LogP contribution in [-0.4, -0.2) is 39.2 Å². The fourth-order valence-corrected chi connectivity index (χ4v) is 5.55. The quantitative estimate of drug-likeness (QED) is 0.413. The predicted octanol–water partition coefficient (Wildman–Crippen LogP) is 4.53. The van der Waals surface area contributed by atoms with Gasteiger partial charge >= 0.3 is 0 Å². The Labute approximate surface area is 182 Å². The van der Waals surface area contributed by atoms with Crippen molar-refractivity contribution in [1.82, 2.24) is 14.5 Å². The topological polar surface area (TPSA) is 55.2 Å². The Balaban J connectivity index is 1.56. The van der Waals surface area contributed by atoms with E-state index in [1.165, 1.54) is 54.5 Å². The molecule has 3 aromatic rings. The van der Waals surface area contributed by atoms with E-state index in [1.54, 1.807) is 16.7 Å². The first-order valence-electron chi connectivity index (χ1n) is 10.1. The van der Waals surface area contributed by atoms with Crippen molar-refractivity contribution >= 4 is 39.2 Å². The van der Waals surface area contributed by atoms with E-state index >= 15 is 0 Å². The summed E-state index contributed by atoms with van der Waals surface area (Å²) in [6.07, 6.45) is 5.70. The van der Waals surface area contributed by atoms with Gasteiger partial charge in [0.1, 0.15) is 10.5 Å². The largest absolute Gasteiger partial charge is 0.342 e. The average Bonchev–Trinajstić information content (AvgIpc) is 3.24. The number of aromatic nitrogens is 2. The molecule has 0 atom stereocenters. The first kappa shape index (κ1) is 21.1. The number of thioether (sulfide) groups is 1. The van der Waals surface area contributed by atoms with E-state index in [0.717, 1.165) is 18.4 Å². The lowest BCUT2D eigenvalue weighted by Gasteiger charge is -2.31. The van der Waals surface area contributed by atoms with Gasteiger partial charge in [0.15, 0.2) is 5.16 Å². The molecule has 0 saturated heterocycles. The summed E-state index contributed by atoms with van der Waals surface area (Å²) in [6.45, 7) is 0.287. The standard InChI is InChI=1S/C22H24FN3O2S2/c1-25(17-5-3-2-4-6-17)19(27)14-30-22-24-18-11-12-29-20(18)21(28)26(22)13-15-7-9-16(23)10-8-15/h7-12,17H,2-6,13-14H2,1H3. The molecule has 0 aliphatic heterocycles. The van der Waals surface area contributed by atoms with E-state index in [-0.39, 0.29) is 29.6 Å². The van der Waals surface area contributed by atoms with Crippen LogP contribution in [0.2, 0.25) is 0 Å². The average molecular weight is 446 g/mol. The summed E-state index contributed by atoms with van der Waals surface area (Å²) in [7, 11) is 1.87. The highest BCUT2D eigenvalue weighted by molar-refractivity contribution is 7.99. The molecule has 0 N–H and O–H groups in total. The summed E-state index contributed by atoms with van der Waals surface area (Å²) in [4.78, 5) is 32.3. The zero-order valence-electron chi connectivity index (χ0n) is 16.8. The molecular weight excluding hydrogens is 421 g/mol. The van der Waals surface area contributed by atoms with Crippen molar-refractivity contribution < 1.29 is 9.18 Å². The van der Waals surface area contributed by atoms with Gasteiger partial charge in [0.25, 0.3) is 5.56 Å². The number of carbonyl (C=O) groups is 1. The summed E-state index contributed by atoms with van der Waals surface area (Å²) in [5.41, 5.74) is 1.33. The third-order valence-electron chi connectivity index (χ3n) is 5.63. The number of halogens is 1. The fourth-order valence-electron chi connectivity index (χ4n) is 3.85. The van der Waals surface area contributed by atoms with Crippen LogP contribution in [-0.2, 0) is 11.3 Å². The van der Waals surface area contributed by atoms with E-state index < -0.39 is 0 Å². The van der Waals surface area contributed by atoms with Crippen LogP contribution in [0.25, 0.3) is 10.2 Å². The SMILES string of the molecule is CN(C(=O)CSc1nc2ccsc2c(=O)n1Cc1ccc(F)cc1)C1CCCCC1. The summed E-state index contributed by atoms with van der Waals surface area (Å²) in [5.74, 6) is -0.0258. The number of carbonyl (C=O) groups excluding carboxylic acids is 1.